The third kappa shape index (κ3) is 5.50. The third-order valence-electron chi connectivity index (χ3n) is 4.25. The summed E-state index contributed by atoms with van der Waals surface area (Å²) in [6.45, 7) is 6.75. The Bertz CT molecular complexity index is 464. The molecule has 1 aliphatic heterocycles. The van der Waals surface area contributed by atoms with Gasteiger partial charge in [0.15, 0.2) is 0 Å². The van der Waals surface area contributed by atoms with Crippen LogP contribution in [0.3, 0.4) is 0 Å². The fourth-order valence-electron chi connectivity index (χ4n) is 2.91. The van der Waals surface area contributed by atoms with Gasteiger partial charge in [0.05, 0.1) is 0 Å². The van der Waals surface area contributed by atoms with Gasteiger partial charge < -0.3 is 10.1 Å². The lowest BCUT2D eigenvalue weighted by molar-refractivity contribution is -0.121. The van der Waals surface area contributed by atoms with Gasteiger partial charge >= 0.3 is 0 Å². The van der Waals surface area contributed by atoms with Crippen LogP contribution >= 0.6 is 0 Å². The summed E-state index contributed by atoms with van der Waals surface area (Å²) in [5.74, 6) is 0.782. The summed E-state index contributed by atoms with van der Waals surface area (Å²) in [7, 11) is 0. The first kappa shape index (κ1) is 16.0. The number of nitrogens with one attached hydrogen (secondary N) is 1. The largest absolute Gasteiger partial charge is 0.381 e. The van der Waals surface area contributed by atoms with Gasteiger partial charge in [-0.2, -0.15) is 0 Å². The average molecular weight is 289 g/mol. The van der Waals surface area contributed by atoms with Gasteiger partial charge in [-0.1, -0.05) is 23.8 Å². The molecule has 1 aliphatic rings. The van der Waals surface area contributed by atoms with Crippen LogP contribution in [-0.2, 0) is 16.0 Å². The van der Waals surface area contributed by atoms with Crippen LogP contribution in [0.1, 0.15) is 42.4 Å². The number of hydrogen-bond acceptors (Lipinski definition) is 2. The molecule has 3 nitrogen and oxygen atoms in total. The Morgan fingerprint density at radius 3 is 2.95 bits per heavy atom. The first-order valence-corrected chi connectivity index (χ1v) is 8.05. The second kappa shape index (κ2) is 8.18. The molecular weight excluding hydrogens is 262 g/mol. The molecule has 1 heterocycles. The van der Waals surface area contributed by atoms with Gasteiger partial charge in [-0.15, -0.1) is 0 Å². The molecule has 116 valence electrons. The van der Waals surface area contributed by atoms with Gasteiger partial charge in [0.1, 0.15) is 0 Å². The molecule has 0 spiro atoms. The lowest BCUT2D eigenvalue weighted by atomic mass is 9.98. The van der Waals surface area contributed by atoms with Crippen molar-refractivity contribution in [2.24, 2.45) is 5.92 Å². The van der Waals surface area contributed by atoms with Crippen molar-refractivity contribution in [3.63, 3.8) is 0 Å². The zero-order valence-corrected chi connectivity index (χ0v) is 13.3. The summed E-state index contributed by atoms with van der Waals surface area (Å²) in [6.07, 6.45) is 4.83. The summed E-state index contributed by atoms with van der Waals surface area (Å²) >= 11 is 0. The van der Waals surface area contributed by atoms with E-state index in [-0.39, 0.29) is 5.91 Å². The number of carbonyl (C=O) groups is 1. The molecule has 0 aromatic heterocycles. The third-order valence-corrected chi connectivity index (χ3v) is 4.25. The highest BCUT2D eigenvalue weighted by molar-refractivity contribution is 5.76. The molecule has 1 N–H and O–H groups in total. The highest BCUT2D eigenvalue weighted by Crippen LogP contribution is 2.16. The Kier molecular flexibility index (Phi) is 6.24. The number of rotatable bonds is 6. The monoisotopic (exact) mass is 289 g/mol. The minimum atomic E-state index is 0.159. The number of hydrogen-bond donors (Lipinski definition) is 1. The van der Waals surface area contributed by atoms with E-state index < -0.39 is 0 Å². The Morgan fingerprint density at radius 1 is 1.38 bits per heavy atom. The van der Waals surface area contributed by atoms with E-state index in [2.05, 4.69) is 37.4 Å². The maximum Gasteiger partial charge on any atom is 0.220 e. The standard InChI is InChI=1S/C18H27NO2/c1-14-5-6-17(15(2)12-14)7-8-18(20)19-10-9-16-4-3-11-21-13-16/h5-6,12,16H,3-4,7-11,13H2,1-2H3,(H,19,20)/t16-/m0/s1. The van der Waals surface area contributed by atoms with Crippen LogP contribution in [0.25, 0.3) is 0 Å². The van der Waals surface area contributed by atoms with Crippen molar-refractivity contribution in [1.82, 2.24) is 5.32 Å². The Balaban J connectivity index is 1.65. The van der Waals surface area contributed by atoms with Crippen molar-refractivity contribution < 1.29 is 9.53 Å². The van der Waals surface area contributed by atoms with Crippen LogP contribution in [0.15, 0.2) is 18.2 Å². The molecule has 1 fully saturated rings. The summed E-state index contributed by atoms with van der Waals surface area (Å²) in [5, 5.41) is 3.04. The first-order valence-electron chi connectivity index (χ1n) is 8.05. The van der Waals surface area contributed by atoms with E-state index in [0.717, 1.165) is 39.0 Å². The van der Waals surface area contributed by atoms with Crippen molar-refractivity contribution in [2.45, 2.75) is 46.0 Å². The Hall–Kier alpha value is -1.35. The van der Waals surface area contributed by atoms with Crippen LogP contribution in [0.4, 0.5) is 0 Å². The summed E-state index contributed by atoms with van der Waals surface area (Å²) in [6, 6.07) is 6.43. The molecule has 1 saturated heterocycles. The highest BCUT2D eigenvalue weighted by Gasteiger charge is 2.13. The lowest BCUT2D eigenvalue weighted by Crippen LogP contribution is -2.28. The molecule has 2 rings (SSSR count). The lowest BCUT2D eigenvalue weighted by Gasteiger charge is -2.21. The van der Waals surface area contributed by atoms with Gasteiger partial charge in [0, 0.05) is 26.2 Å². The molecule has 1 aromatic carbocycles. The second-order valence-corrected chi connectivity index (χ2v) is 6.15. The van der Waals surface area contributed by atoms with Gasteiger partial charge in [-0.3, -0.25) is 4.79 Å². The van der Waals surface area contributed by atoms with Crippen molar-refractivity contribution in [2.75, 3.05) is 19.8 Å². The van der Waals surface area contributed by atoms with Gasteiger partial charge in [-0.05, 0) is 56.6 Å². The van der Waals surface area contributed by atoms with E-state index in [0.29, 0.717) is 12.3 Å². The minimum absolute atomic E-state index is 0.159. The number of ether oxygens (including phenoxy) is 1. The summed E-state index contributed by atoms with van der Waals surface area (Å²) in [4.78, 5) is 11.9. The molecule has 21 heavy (non-hydrogen) atoms. The second-order valence-electron chi connectivity index (χ2n) is 6.15. The number of benzene rings is 1. The molecule has 0 saturated carbocycles. The highest BCUT2D eigenvalue weighted by atomic mass is 16.5. The Morgan fingerprint density at radius 2 is 2.24 bits per heavy atom. The average Bonchev–Trinajstić information content (AvgIpc) is 2.47. The predicted octanol–water partition coefficient (Wildman–Crippen LogP) is 3.17. The fraction of sp³-hybridized carbons (Fsp3) is 0.611. The van der Waals surface area contributed by atoms with E-state index in [1.807, 2.05) is 0 Å². The van der Waals surface area contributed by atoms with Crippen molar-refractivity contribution in [3.8, 4) is 0 Å². The van der Waals surface area contributed by atoms with Crippen molar-refractivity contribution in [1.29, 1.82) is 0 Å². The molecule has 1 atom stereocenters. The van der Waals surface area contributed by atoms with Crippen LogP contribution < -0.4 is 5.32 Å². The van der Waals surface area contributed by atoms with Gasteiger partial charge in [-0.25, -0.2) is 0 Å². The molecule has 0 radical (unpaired) electrons. The van der Waals surface area contributed by atoms with Gasteiger partial charge in [0.25, 0.3) is 0 Å². The SMILES string of the molecule is Cc1ccc(CCC(=O)NCC[C@@H]2CCCOC2)c(C)c1. The quantitative estimate of drug-likeness (QED) is 0.873. The molecule has 1 aromatic rings. The van der Waals surface area contributed by atoms with Crippen molar-refractivity contribution in [3.05, 3.63) is 34.9 Å². The first-order chi connectivity index (χ1) is 10.1. The normalized spacial score (nSPS) is 18.5. The van der Waals surface area contributed by atoms with E-state index in [1.165, 1.54) is 23.1 Å². The zero-order valence-electron chi connectivity index (χ0n) is 13.3. The van der Waals surface area contributed by atoms with Crippen LogP contribution in [0.2, 0.25) is 0 Å². The van der Waals surface area contributed by atoms with E-state index in [9.17, 15) is 4.79 Å². The predicted molar refractivity (Wildman–Crippen MR) is 85.4 cm³/mol. The minimum Gasteiger partial charge on any atom is -0.381 e. The molecule has 0 unspecified atom stereocenters. The number of amides is 1. The molecule has 1 amide bonds. The van der Waals surface area contributed by atoms with Crippen LogP contribution in [0, 0.1) is 19.8 Å². The topological polar surface area (TPSA) is 38.3 Å². The molecule has 3 heteroatoms. The van der Waals surface area contributed by atoms with Crippen molar-refractivity contribution >= 4 is 5.91 Å². The maximum atomic E-state index is 11.9. The number of carbonyl (C=O) groups excluding carboxylic acids is 1. The fourth-order valence-corrected chi connectivity index (χ4v) is 2.91. The van der Waals surface area contributed by atoms with Gasteiger partial charge in [0.2, 0.25) is 5.91 Å². The Labute approximate surface area is 128 Å². The molecule has 0 aliphatic carbocycles. The zero-order chi connectivity index (χ0) is 15.1. The summed E-state index contributed by atoms with van der Waals surface area (Å²) < 4.78 is 5.46. The molecular formula is C18H27NO2. The maximum absolute atomic E-state index is 11.9. The van der Waals surface area contributed by atoms with E-state index in [1.54, 1.807) is 0 Å². The summed E-state index contributed by atoms with van der Waals surface area (Å²) in [5.41, 5.74) is 3.83. The number of aryl methyl sites for hydroxylation is 3. The molecule has 0 bridgehead atoms. The van der Waals surface area contributed by atoms with E-state index in [4.69, 9.17) is 4.74 Å². The van der Waals surface area contributed by atoms with Crippen LogP contribution in [0.5, 0.6) is 0 Å². The van der Waals surface area contributed by atoms with E-state index >= 15 is 0 Å². The smallest absolute Gasteiger partial charge is 0.220 e. The van der Waals surface area contributed by atoms with Crippen LogP contribution in [-0.4, -0.2) is 25.7 Å².